The van der Waals surface area contributed by atoms with Crippen molar-refractivity contribution in [1.29, 1.82) is 0 Å². The van der Waals surface area contributed by atoms with Crippen molar-refractivity contribution in [1.82, 2.24) is 14.8 Å². The summed E-state index contributed by atoms with van der Waals surface area (Å²) in [5.74, 6) is 1.64. The summed E-state index contributed by atoms with van der Waals surface area (Å²) in [6.07, 6.45) is 6.89. The predicted molar refractivity (Wildman–Crippen MR) is 104 cm³/mol. The minimum atomic E-state index is 0.00872. The summed E-state index contributed by atoms with van der Waals surface area (Å²) in [6, 6.07) is 2.03. The first-order valence-electron chi connectivity index (χ1n) is 10.2. The van der Waals surface area contributed by atoms with Crippen molar-refractivity contribution in [3.63, 3.8) is 0 Å². The van der Waals surface area contributed by atoms with Crippen molar-refractivity contribution in [2.75, 3.05) is 51.3 Å². The van der Waals surface area contributed by atoms with E-state index in [2.05, 4.69) is 31.3 Å². The largest absolute Gasteiger partial charge is 0.383 e. The number of nitrogens with one attached hydrogen (secondary N) is 2. The van der Waals surface area contributed by atoms with Gasteiger partial charge in [0, 0.05) is 32.4 Å². The van der Waals surface area contributed by atoms with E-state index in [1.165, 1.54) is 6.42 Å². The molecule has 1 aromatic heterocycles. The Labute approximate surface area is 160 Å². The fraction of sp³-hybridized carbons (Fsp3) is 0.737. The normalized spacial score (nSPS) is 34.3. The van der Waals surface area contributed by atoms with Crippen molar-refractivity contribution in [3.8, 4) is 0 Å². The summed E-state index contributed by atoms with van der Waals surface area (Å²) < 4.78 is 14.8. The number of anilines is 1. The highest BCUT2D eigenvalue weighted by molar-refractivity contribution is 6.03. The van der Waals surface area contributed by atoms with Gasteiger partial charge in [-0.1, -0.05) is 0 Å². The van der Waals surface area contributed by atoms with Crippen molar-refractivity contribution >= 4 is 11.7 Å². The van der Waals surface area contributed by atoms with Gasteiger partial charge >= 0.3 is 0 Å². The molecule has 3 saturated heterocycles. The Morgan fingerprint density at radius 3 is 3.22 bits per heavy atom. The summed E-state index contributed by atoms with van der Waals surface area (Å²) in [5.41, 5.74) is 7.00. The Hall–Kier alpha value is -1.61. The lowest BCUT2D eigenvalue weighted by molar-refractivity contribution is -0.127. The van der Waals surface area contributed by atoms with Crippen molar-refractivity contribution in [2.24, 2.45) is 10.7 Å². The number of aliphatic imine (C=N–C) groups is 1. The SMILES string of the molecule is NC1=NCNc2c1ccn2C1CCC(CN2CCOC3(CCCNC3)C2)O1. The molecule has 4 aliphatic heterocycles. The second kappa shape index (κ2) is 7.09. The number of piperidine rings is 1. The topological polar surface area (TPSA) is 89.1 Å². The van der Waals surface area contributed by atoms with E-state index in [1.807, 2.05) is 6.07 Å². The van der Waals surface area contributed by atoms with Crippen LogP contribution in [-0.4, -0.2) is 73.0 Å². The Balaban J connectivity index is 1.21. The lowest BCUT2D eigenvalue weighted by atomic mass is 9.92. The number of hydrogen-bond donors (Lipinski definition) is 3. The van der Waals surface area contributed by atoms with Gasteiger partial charge in [-0.25, -0.2) is 4.99 Å². The molecule has 27 heavy (non-hydrogen) atoms. The van der Waals surface area contributed by atoms with Crippen LogP contribution < -0.4 is 16.4 Å². The van der Waals surface area contributed by atoms with Gasteiger partial charge in [-0.2, -0.15) is 0 Å². The maximum absolute atomic E-state index is 6.43. The van der Waals surface area contributed by atoms with Crippen molar-refractivity contribution < 1.29 is 9.47 Å². The van der Waals surface area contributed by atoms with E-state index in [1.54, 1.807) is 0 Å². The fourth-order valence-corrected chi connectivity index (χ4v) is 4.96. The Bertz CT molecular complexity index is 706. The zero-order valence-electron chi connectivity index (χ0n) is 15.8. The maximum Gasteiger partial charge on any atom is 0.135 e. The molecule has 1 aromatic rings. The van der Waals surface area contributed by atoms with Crippen LogP contribution >= 0.6 is 0 Å². The van der Waals surface area contributed by atoms with Gasteiger partial charge in [0.1, 0.15) is 24.6 Å². The number of rotatable bonds is 3. The van der Waals surface area contributed by atoms with Crippen LogP contribution in [0.4, 0.5) is 5.82 Å². The number of nitrogens with two attached hydrogens (primary N) is 1. The summed E-state index contributed by atoms with van der Waals surface area (Å²) in [7, 11) is 0. The molecule has 5 heterocycles. The first-order valence-corrected chi connectivity index (χ1v) is 10.2. The van der Waals surface area contributed by atoms with Gasteiger partial charge in [-0.05, 0) is 38.3 Å². The molecule has 0 aliphatic carbocycles. The minimum Gasteiger partial charge on any atom is -0.383 e. The standard InChI is InChI=1S/C19H30N6O2/c20-17-15-4-7-25(18(15)23-13-22-17)16-3-2-14(27-16)10-24-8-9-26-19(12-24)5-1-6-21-11-19/h4,7,14,16,21,23H,1-3,5-6,8-13H2,(H2,20,22). The van der Waals surface area contributed by atoms with E-state index in [4.69, 9.17) is 15.2 Å². The highest BCUT2D eigenvalue weighted by atomic mass is 16.5. The molecule has 3 fully saturated rings. The van der Waals surface area contributed by atoms with Gasteiger partial charge in [0.05, 0.1) is 23.9 Å². The average molecular weight is 374 g/mol. The summed E-state index contributed by atoms with van der Waals surface area (Å²) >= 11 is 0. The van der Waals surface area contributed by atoms with Gasteiger partial charge in [-0.3, -0.25) is 4.90 Å². The first-order chi connectivity index (χ1) is 13.2. The zero-order chi connectivity index (χ0) is 18.3. The smallest absolute Gasteiger partial charge is 0.135 e. The molecule has 8 nitrogen and oxygen atoms in total. The van der Waals surface area contributed by atoms with E-state index < -0.39 is 0 Å². The van der Waals surface area contributed by atoms with Crippen LogP contribution in [0.2, 0.25) is 0 Å². The predicted octanol–water partition coefficient (Wildman–Crippen LogP) is 0.708. The molecule has 3 unspecified atom stereocenters. The number of amidine groups is 1. The van der Waals surface area contributed by atoms with Crippen LogP contribution in [0.25, 0.3) is 0 Å². The third-order valence-corrected chi connectivity index (χ3v) is 6.30. The van der Waals surface area contributed by atoms with E-state index in [9.17, 15) is 0 Å². The Morgan fingerprint density at radius 1 is 1.37 bits per heavy atom. The number of morpholine rings is 1. The number of hydrogen-bond acceptors (Lipinski definition) is 7. The third kappa shape index (κ3) is 3.35. The van der Waals surface area contributed by atoms with Gasteiger partial charge < -0.3 is 30.4 Å². The molecule has 4 aliphatic rings. The van der Waals surface area contributed by atoms with Gasteiger partial charge in [0.15, 0.2) is 0 Å². The minimum absolute atomic E-state index is 0.00872. The molecule has 8 heteroatoms. The van der Waals surface area contributed by atoms with Crippen LogP contribution in [0.3, 0.4) is 0 Å². The van der Waals surface area contributed by atoms with Crippen LogP contribution in [0.1, 0.15) is 37.5 Å². The van der Waals surface area contributed by atoms with Crippen molar-refractivity contribution in [3.05, 3.63) is 17.8 Å². The van der Waals surface area contributed by atoms with Crippen molar-refractivity contribution in [2.45, 2.75) is 43.6 Å². The lowest BCUT2D eigenvalue weighted by Gasteiger charge is -2.45. The number of fused-ring (bicyclic) bond motifs is 1. The van der Waals surface area contributed by atoms with E-state index in [0.717, 1.165) is 70.0 Å². The second-order valence-electron chi connectivity index (χ2n) is 8.20. The first kappa shape index (κ1) is 17.5. The summed E-state index contributed by atoms with van der Waals surface area (Å²) in [4.78, 5) is 6.79. The highest BCUT2D eigenvalue weighted by Crippen LogP contribution is 2.34. The molecule has 0 amide bonds. The van der Waals surface area contributed by atoms with E-state index in [-0.39, 0.29) is 17.9 Å². The monoisotopic (exact) mass is 374 g/mol. The number of aromatic nitrogens is 1. The molecule has 5 rings (SSSR count). The average Bonchev–Trinajstić information content (AvgIpc) is 3.30. The molecule has 0 radical (unpaired) electrons. The van der Waals surface area contributed by atoms with Gasteiger partial charge in [0.2, 0.25) is 0 Å². The number of nitrogens with zero attached hydrogens (tertiary/aromatic N) is 3. The highest BCUT2D eigenvalue weighted by Gasteiger charge is 2.39. The Morgan fingerprint density at radius 2 is 2.33 bits per heavy atom. The molecule has 4 N–H and O–H groups in total. The lowest BCUT2D eigenvalue weighted by Crippen LogP contribution is -2.59. The van der Waals surface area contributed by atoms with Crippen LogP contribution in [-0.2, 0) is 9.47 Å². The maximum atomic E-state index is 6.43. The molecule has 0 saturated carbocycles. The zero-order valence-corrected chi connectivity index (χ0v) is 15.8. The molecule has 0 aromatic carbocycles. The molecule has 0 bridgehead atoms. The molecule has 1 spiro atoms. The van der Waals surface area contributed by atoms with Crippen LogP contribution in [0.5, 0.6) is 0 Å². The molecule has 148 valence electrons. The molecular formula is C19H30N6O2. The molecule has 3 atom stereocenters. The summed E-state index contributed by atoms with van der Waals surface area (Å²) in [6.45, 7) is 6.44. The third-order valence-electron chi connectivity index (χ3n) is 6.30. The van der Waals surface area contributed by atoms with Gasteiger partial charge in [0.25, 0.3) is 0 Å². The van der Waals surface area contributed by atoms with Gasteiger partial charge in [-0.15, -0.1) is 0 Å². The van der Waals surface area contributed by atoms with E-state index >= 15 is 0 Å². The quantitative estimate of drug-likeness (QED) is 0.722. The summed E-state index contributed by atoms with van der Waals surface area (Å²) in [5, 5.41) is 6.84. The number of ether oxygens (including phenoxy) is 2. The van der Waals surface area contributed by atoms with Crippen LogP contribution in [0.15, 0.2) is 17.3 Å². The molecular weight excluding hydrogens is 344 g/mol. The second-order valence-corrected chi connectivity index (χ2v) is 8.20. The van der Waals surface area contributed by atoms with E-state index in [0.29, 0.717) is 12.5 Å². The Kier molecular flexibility index (Phi) is 4.59. The van der Waals surface area contributed by atoms with Crippen LogP contribution in [0, 0.1) is 0 Å². The fourth-order valence-electron chi connectivity index (χ4n) is 4.96.